The summed E-state index contributed by atoms with van der Waals surface area (Å²) in [6.07, 6.45) is -6.63. The van der Waals surface area contributed by atoms with Crippen LogP contribution in [0.5, 0.6) is 0 Å². The third-order valence-electron chi connectivity index (χ3n) is 4.43. The zero-order valence-corrected chi connectivity index (χ0v) is 12.9. The molecule has 0 saturated carbocycles. The average Bonchev–Trinajstić information content (AvgIpc) is 2.63. The van der Waals surface area contributed by atoms with E-state index in [0.717, 1.165) is 0 Å². The van der Waals surface area contributed by atoms with E-state index in [1.807, 2.05) is 0 Å². The summed E-state index contributed by atoms with van der Waals surface area (Å²) in [6, 6.07) is 0. The minimum absolute atomic E-state index is 2.53. The van der Waals surface area contributed by atoms with Gasteiger partial charge in [-0.05, 0) is 0 Å². The van der Waals surface area contributed by atoms with E-state index >= 15 is 0 Å². The van der Waals surface area contributed by atoms with Crippen molar-refractivity contribution in [2.24, 2.45) is 0 Å². The Morgan fingerprint density at radius 3 is 1.10 bits per heavy atom. The minimum atomic E-state index is -6.63. The average molecular weight is 444 g/mol. The number of fused-ring (bicyclic) bond motifs is 1. The van der Waals surface area contributed by atoms with Crippen LogP contribution >= 0.6 is 0 Å². The molecule has 2 atom stereocenters. The normalized spacial score (nSPS) is 23.8. The van der Waals surface area contributed by atoms with Gasteiger partial charge in [-0.15, -0.1) is 0 Å². The van der Waals surface area contributed by atoms with Crippen LogP contribution in [-0.4, -0.2) is 11.3 Å². The van der Waals surface area contributed by atoms with Crippen molar-refractivity contribution in [2.45, 2.75) is 17.4 Å². The van der Waals surface area contributed by atoms with Gasteiger partial charge in [0.05, 0.1) is 11.1 Å². The van der Waals surface area contributed by atoms with Crippen LogP contribution in [0.2, 0.25) is 0 Å². The molecule has 0 bridgehead atoms. The van der Waals surface area contributed by atoms with Gasteiger partial charge in [0.2, 0.25) is 5.82 Å². The first-order valence-electron chi connectivity index (χ1n) is 6.93. The summed E-state index contributed by atoms with van der Waals surface area (Å²) in [5, 5.41) is 10.1. The van der Waals surface area contributed by atoms with Crippen LogP contribution in [0.15, 0.2) is 0 Å². The van der Waals surface area contributed by atoms with Gasteiger partial charge >= 0.3 is 6.18 Å². The minimum Gasteiger partial charge on any atom is -0.376 e. The fraction of sp³-hybridized carbons (Fsp3) is 0.200. The molecule has 0 spiro atoms. The highest BCUT2D eigenvalue weighted by molar-refractivity contribution is 5.60. The van der Waals surface area contributed by atoms with Gasteiger partial charge in [0.15, 0.2) is 52.1 Å². The predicted octanol–water partition coefficient (Wildman–Crippen LogP) is 4.92. The lowest BCUT2D eigenvalue weighted by atomic mass is 9.57. The fourth-order valence-corrected chi connectivity index (χ4v) is 3.15. The Morgan fingerprint density at radius 2 is 0.759 bits per heavy atom. The van der Waals surface area contributed by atoms with E-state index in [-0.39, 0.29) is 0 Å². The number of hydrogen-bond donors (Lipinski definition) is 1. The van der Waals surface area contributed by atoms with E-state index in [2.05, 4.69) is 0 Å². The first-order valence-corrected chi connectivity index (χ1v) is 6.93. The second kappa shape index (κ2) is 5.77. The van der Waals surface area contributed by atoms with E-state index in [9.17, 15) is 62.2 Å². The van der Waals surface area contributed by atoms with Crippen molar-refractivity contribution in [1.82, 2.24) is 0 Å². The van der Waals surface area contributed by atoms with Crippen molar-refractivity contribution in [2.75, 3.05) is 0 Å². The van der Waals surface area contributed by atoms with Gasteiger partial charge in [0.25, 0.3) is 5.67 Å². The van der Waals surface area contributed by atoms with E-state index in [1.165, 1.54) is 0 Å². The molecule has 0 fully saturated rings. The third-order valence-corrected chi connectivity index (χ3v) is 4.43. The molecule has 1 N–H and O–H groups in total. The van der Waals surface area contributed by atoms with Crippen molar-refractivity contribution < 1.29 is 62.2 Å². The molecule has 0 amide bonds. The first-order chi connectivity index (χ1) is 13.1. The van der Waals surface area contributed by atoms with Gasteiger partial charge in [0.1, 0.15) is 0 Å². The zero-order valence-electron chi connectivity index (χ0n) is 12.9. The fourth-order valence-electron chi connectivity index (χ4n) is 3.15. The highest BCUT2D eigenvalue weighted by Crippen LogP contribution is 2.67. The Bertz CT molecular complexity index is 1050. The Hall–Kier alpha value is -2.51. The molecule has 2 aromatic carbocycles. The van der Waals surface area contributed by atoms with Crippen molar-refractivity contribution in [1.29, 1.82) is 0 Å². The maximum Gasteiger partial charge on any atom is 0.430 e. The van der Waals surface area contributed by atoms with Gasteiger partial charge < -0.3 is 5.11 Å². The largest absolute Gasteiger partial charge is 0.430 e. The monoisotopic (exact) mass is 444 g/mol. The van der Waals surface area contributed by atoms with Gasteiger partial charge in [-0.25, -0.2) is 43.9 Å². The molecule has 1 aliphatic carbocycles. The number of aliphatic hydroxyl groups is 1. The number of benzene rings is 2. The van der Waals surface area contributed by atoms with Gasteiger partial charge in [0, 0.05) is 5.56 Å². The standard InChI is InChI=1S/C15HF13O/c16-4-1-2(5(17)9(21)8(4)20)14(25,15(26,27)28)13(1,29)3-6(18)10(22)12(24)11(23)7(3)19/h29H. The summed E-state index contributed by atoms with van der Waals surface area (Å²) in [5.74, 6) is -27.3. The molecule has 0 radical (unpaired) electrons. The molecule has 158 valence electrons. The van der Waals surface area contributed by atoms with Crippen LogP contribution < -0.4 is 0 Å². The van der Waals surface area contributed by atoms with Crippen LogP contribution in [0.4, 0.5) is 57.1 Å². The molecule has 14 heteroatoms. The highest BCUT2D eigenvalue weighted by Gasteiger charge is 2.81. The molecule has 0 aliphatic heterocycles. The molecule has 29 heavy (non-hydrogen) atoms. The molecule has 3 rings (SSSR count). The van der Waals surface area contributed by atoms with E-state index in [0.29, 0.717) is 0 Å². The molecule has 0 aromatic heterocycles. The van der Waals surface area contributed by atoms with E-state index in [4.69, 9.17) is 0 Å². The molecule has 0 saturated heterocycles. The van der Waals surface area contributed by atoms with Crippen LogP contribution in [0.3, 0.4) is 0 Å². The lowest BCUT2D eigenvalue weighted by molar-refractivity contribution is -0.310. The molecule has 1 nitrogen and oxygen atoms in total. The summed E-state index contributed by atoms with van der Waals surface area (Å²) in [4.78, 5) is 0. The Morgan fingerprint density at radius 1 is 0.483 bits per heavy atom. The quantitative estimate of drug-likeness (QED) is 0.377. The predicted molar refractivity (Wildman–Crippen MR) is 64.3 cm³/mol. The van der Waals surface area contributed by atoms with Gasteiger partial charge in [-0.3, -0.25) is 0 Å². The maximum atomic E-state index is 14.9. The summed E-state index contributed by atoms with van der Waals surface area (Å²) in [5.41, 5.74) is -19.3. The molecule has 2 unspecified atom stereocenters. The lowest BCUT2D eigenvalue weighted by Crippen LogP contribution is -2.66. The number of halogens is 13. The molecular weight excluding hydrogens is 443 g/mol. The highest BCUT2D eigenvalue weighted by atomic mass is 19.4. The van der Waals surface area contributed by atoms with Crippen molar-refractivity contribution >= 4 is 0 Å². The van der Waals surface area contributed by atoms with Gasteiger partial charge in [-0.2, -0.15) is 13.2 Å². The first kappa shape index (κ1) is 21.2. The lowest BCUT2D eigenvalue weighted by Gasteiger charge is -2.52. The van der Waals surface area contributed by atoms with Crippen LogP contribution in [-0.2, 0) is 11.3 Å². The Kier molecular flexibility index (Phi) is 4.22. The second-order valence-corrected chi connectivity index (χ2v) is 5.82. The number of hydrogen-bond acceptors (Lipinski definition) is 1. The van der Waals surface area contributed by atoms with Crippen molar-refractivity contribution in [3.8, 4) is 0 Å². The SMILES string of the molecule is OC1(c2c(F)c(F)c(F)c(F)c2F)c2c(F)c(F)c(F)c(F)c2C1(F)C(F)(F)F. The summed E-state index contributed by atoms with van der Waals surface area (Å²) in [6.45, 7) is 0. The summed E-state index contributed by atoms with van der Waals surface area (Å²) < 4.78 is 177. The van der Waals surface area contributed by atoms with Crippen LogP contribution in [0.1, 0.15) is 16.7 Å². The third kappa shape index (κ3) is 2.12. The number of alkyl halides is 4. The zero-order chi connectivity index (χ0) is 22.4. The Labute approximate surface area is 150 Å². The summed E-state index contributed by atoms with van der Waals surface area (Å²) in [7, 11) is 0. The molecule has 0 heterocycles. The topological polar surface area (TPSA) is 20.2 Å². The van der Waals surface area contributed by atoms with E-state index in [1.54, 1.807) is 0 Å². The van der Waals surface area contributed by atoms with Crippen LogP contribution in [0.25, 0.3) is 0 Å². The van der Waals surface area contributed by atoms with E-state index < -0.39 is 86.5 Å². The number of rotatable bonds is 1. The molecular formula is C15HF13O. The van der Waals surface area contributed by atoms with Crippen molar-refractivity contribution in [3.63, 3.8) is 0 Å². The molecule has 2 aromatic rings. The van der Waals surface area contributed by atoms with Gasteiger partial charge in [-0.1, -0.05) is 0 Å². The Balaban J connectivity index is 2.60. The smallest absolute Gasteiger partial charge is 0.376 e. The van der Waals surface area contributed by atoms with Crippen LogP contribution in [0, 0.1) is 52.4 Å². The molecule has 1 aliphatic rings. The maximum absolute atomic E-state index is 14.9. The second-order valence-electron chi connectivity index (χ2n) is 5.82. The summed E-state index contributed by atoms with van der Waals surface area (Å²) >= 11 is 0. The van der Waals surface area contributed by atoms with Crippen molar-refractivity contribution in [3.05, 3.63) is 69.0 Å².